The van der Waals surface area contributed by atoms with Gasteiger partial charge in [-0.1, -0.05) is 18.2 Å². The predicted molar refractivity (Wildman–Crippen MR) is 89.7 cm³/mol. The van der Waals surface area contributed by atoms with Crippen LogP contribution in [0.25, 0.3) is 0 Å². The first-order chi connectivity index (χ1) is 11.7. The fourth-order valence-corrected chi connectivity index (χ4v) is 3.19. The molecule has 1 aliphatic heterocycles. The van der Waals surface area contributed by atoms with E-state index < -0.39 is 0 Å². The molecule has 5 heteroatoms. The minimum Gasteiger partial charge on any atom is -0.508 e. The van der Waals surface area contributed by atoms with Gasteiger partial charge in [-0.15, -0.1) is 0 Å². The summed E-state index contributed by atoms with van der Waals surface area (Å²) in [6.45, 7) is 0.0839. The van der Waals surface area contributed by atoms with Crippen LogP contribution < -0.4 is 9.47 Å². The third-order valence-electron chi connectivity index (χ3n) is 4.41. The van der Waals surface area contributed by atoms with Crippen molar-refractivity contribution in [1.29, 1.82) is 0 Å². The SMILES string of the molecule is COc1cc(CCCO)cc2c1OC(c1ccc(O)cc1)C2CO. The molecule has 3 rings (SSSR count). The maximum absolute atomic E-state index is 9.92. The Hall–Kier alpha value is -2.24. The molecule has 0 saturated carbocycles. The summed E-state index contributed by atoms with van der Waals surface area (Å²) in [7, 11) is 1.59. The maximum Gasteiger partial charge on any atom is 0.165 e. The minimum atomic E-state index is -0.326. The number of aliphatic hydroxyl groups excluding tert-OH is 2. The number of ether oxygens (including phenoxy) is 2. The average Bonchev–Trinajstić information content (AvgIpc) is 2.98. The van der Waals surface area contributed by atoms with Gasteiger partial charge in [0.1, 0.15) is 11.9 Å². The van der Waals surface area contributed by atoms with Crippen molar-refractivity contribution in [1.82, 2.24) is 0 Å². The first kappa shape index (κ1) is 16.6. The van der Waals surface area contributed by atoms with Crippen LogP contribution in [-0.4, -0.2) is 35.6 Å². The summed E-state index contributed by atoms with van der Waals surface area (Å²) in [5.74, 6) is 1.29. The summed E-state index contributed by atoms with van der Waals surface area (Å²) >= 11 is 0. The number of rotatable bonds is 6. The summed E-state index contributed by atoms with van der Waals surface area (Å²) in [5.41, 5.74) is 2.86. The Morgan fingerprint density at radius 3 is 2.50 bits per heavy atom. The fourth-order valence-electron chi connectivity index (χ4n) is 3.19. The van der Waals surface area contributed by atoms with Crippen LogP contribution in [0.4, 0.5) is 0 Å². The van der Waals surface area contributed by atoms with Crippen LogP contribution in [-0.2, 0) is 6.42 Å². The third kappa shape index (κ3) is 3.05. The van der Waals surface area contributed by atoms with Crippen molar-refractivity contribution in [2.75, 3.05) is 20.3 Å². The van der Waals surface area contributed by atoms with Crippen molar-refractivity contribution in [3.05, 3.63) is 53.1 Å². The number of phenolic OH excluding ortho intramolecular Hbond substituents is 1. The van der Waals surface area contributed by atoms with E-state index in [0.717, 1.165) is 23.1 Å². The van der Waals surface area contributed by atoms with E-state index in [4.69, 9.17) is 14.6 Å². The van der Waals surface area contributed by atoms with Crippen molar-refractivity contribution in [3.8, 4) is 17.2 Å². The number of methoxy groups -OCH3 is 1. The largest absolute Gasteiger partial charge is 0.508 e. The van der Waals surface area contributed by atoms with E-state index >= 15 is 0 Å². The molecule has 24 heavy (non-hydrogen) atoms. The number of aliphatic hydroxyl groups is 2. The summed E-state index contributed by atoms with van der Waals surface area (Å²) in [5, 5.41) is 28.4. The van der Waals surface area contributed by atoms with E-state index in [1.165, 1.54) is 0 Å². The predicted octanol–water partition coefficient (Wildman–Crippen LogP) is 2.54. The summed E-state index contributed by atoms with van der Waals surface area (Å²) in [6, 6.07) is 10.8. The van der Waals surface area contributed by atoms with Crippen LogP contribution >= 0.6 is 0 Å². The molecule has 128 valence electrons. The number of aryl methyl sites for hydroxylation is 1. The lowest BCUT2D eigenvalue weighted by molar-refractivity contribution is 0.157. The normalized spacial score (nSPS) is 19.0. The molecule has 2 aromatic rings. The van der Waals surface area contributed by atoms with E-state index in [2.05, 4.69) is 0 Å². The number of hydrogen-bond donors (Lipinski definition) is 3. The lowest BCUT2D eigenvalue weighted by atomic mass is 9.90. The second-order valence-corrected chi connectivity index (χ2v) is 5.96. The molecule has 0 radical (unpaired) electrons. The number of fused-ring (bicyclic) bond motifs is 1. The van der Waals surface area contributed by atoms with E-state index in [-0.39, 0.29) is 31.0 Å². The molecular weight excluding hydrogens is 308 g/mol. The Balaban J connectivity index is 1.98. The van der Waals surface area contributed by atoms with Gasteiger partial charge in [-0.25, -0.2) is 0 Å². The molecule has 2 aromatic carbocycles. The zero-order valence-corrected chi connectivity index (χ0v) is 13.6. The van der Waals surface area contributed by atoms with E-state index in [0.29, 0.717) is 17.9 Å². The quantitative estimate of drug-likeness (QED) is 0.758. The van der Waals surface area contributed by atoms with Gasteiger partial charge in [0.15, 0.2) is 11.5 Å². The minimum absolute atomic E-state index is 0.0504. The topological polar surface area (TPSA) is 79.2 Å². The smallest absolute Gasteiger partial charge is 0.165 e. The van der Waals surface area contributed by atoms with Gasteiger partial charge in [0.2, 0.25) is 0 Å². The van der Waals surface area contributed by atoms with Gasteiger partial charge in [0.05, 0.1) is 19.6 Å². The Kier molecular flexibility index (Phi) is 4.92. The zero-order valence-electron chi connectivity index (χ0n) is 13.6. The molecule has 0 bridgehead atoms. The fraction of sp³-hybridized carbons (Fsp3) is 0.368. The Morgan fingerprint density at radius 1 is 1.12 bits per heavy atom. The van der Waals surface area contributed by atoms with Crippen LogP contribution in [0.3, 0.4) is 0 Å². The molecule has 5 nitrogen and oxygen atoms in total. The molecular formula is C19H22O5. The second kappa shape index (κ2) is 7.11. The Labute approximate surface area is 141 Å². The lowest BCUT2D eigenvalue weighted by Gasteiger charge is -2.17. The Morgan fingerprint density at radius 2 is 1.88 bits per heavy atom. The van der Waals surface area contributed by atoms with E-state index in [1.54, 1.807) is 31.4 Å². The molecule has 0 saturated heterocycles. The highest BCUT2D eigenvalue weighted by Gasteiger charge is 2.37. The highest BCUT2D eigenvalue weighted by molar-refractivity contribution is 5.55. The summed E-state index contributed by atoms with van der Waals surface area (Å²) in [6.07, 6.45) is 1.09. The highest BCUT2D eigenvalue weighted by atomic mass is 16.5. The molecule has 0 aromatic heterocycles. The Bertz CT molecular complexity index is 696. The number of benzene rings is 2. The first-order valence-electron chi connectivity index (χ1n) is 8.06. The zero-order chi connectivity index (χ0) is 17.1. The average molecular weight is 330 g/mol. The molecule has 1 heterocycles. The summed E-state index contributed by atoms with van der Waals surface area (Å²) < 4.78 is 11.6. The van der Waals surface area contributed by atoms with Crippen molar-refractivity contribution in [2.45, 2.75) is 24.9 Å². The van der Waals surface area contributed by atoms with Gasteiger partial charge in [-0.3, -0.25) is 0 Å². The van der Waals surface area contributed by atoms with Crippen LogP contribution in [0.5, 0.6) is 17.2 Å². The molecule has 0 fully saturated rings. The number of phenols is 1. The van der Waals surface area contributed by atoms with E-state index in [1.807, 2.05) is 12.1 Å². The highest BCUT2D eigenvalue weighted by Crippen LogP contribution is 2.50. The molecule has 0 spiro atoms. The van der Waals surface area contributed by atoms with Crippen molar-refractivity contribution < 1.29 is 24.8 Å². The molecule has 2 unspecified atom stereocenters. The molecule has 1 aliphatic rings. The number of aromatic hydroxyl groups is 1. The van der Waals surface area contributed by atoms with Gasteiger partial charge in [-0.05, 0) is 42.2 Å². The maximum atomic E-state index is 9.92. The van der Waals surface area contributed by atoms with E-state index in [9.17, 15) is 10.2 Å². The van der Waals surface area contributed by atoms with Crippen LogP contribution in [0.2, 0.25) is 0 Å². The molecule has 3 N–H and O–H groups in total. The van der Waals surface area contributed by atoms with Gasteiger partial charge in [-0.2, -0.15) is 0 Å². The van der Waals surface area contributed by atoms with Gasteiger partial charge in [0, 0.05) is 12.2 Å². The molecule has 0 aliphatic carbocycles. The van der Waals surface area contributed by atoms with Crippen LogP contribution in [0.15, 0.2) is 36.4 Å². The molecule has 2 atom stereocenters. The van der Waals surface area contributed by atoms with Crippen molar-refractivity contribution >= 4 is 0 Å². The summed E-state index contributed by atoms with van der Waals surface area (Å²) in [4.78, 5) is 0. The van der Waals surface area contributed by atoms with Crippen LogP contribution in [0, 0.1) is 0 Å². The number of hydrogen-bond acceptors (Lipinski definition) is 5. The van der Waals surface area contributed by atoms with Gasteiger partial charge >= 0.3 is 0 Å². The van der Waals surface area contributed by atoms with Crippen LogP contribution in [0.1, 0.15) is 35.1 Å². The second-order valence-electron chi connectivity index (χ2n) is 5.96. The standard InChI is InChI=1S/C19H22O5/c1-23-17-10-12(3-2-8-20)9-15-16(11-21)18(24-19(15)17)13-4-6-14(22)7-5-13/h4-7,9-10,16,18,20-22H,2-3,8,11H2,1H3. The third-order valence-corrected chi connectivity index (χ3v) is 4.41. The van der Waals surface area contributed by atoms with Gasteiger partial charge in [0.25, 0.3) is 0 Å². The lowest BCUT2D eigenvalue weighted by Crippen LogP contribution is -2.13. The first-order valence-corrected chi connectivity index (χ1v) is 8.06. The molecule has 0 amide bonds. The van der Waals surface area contributed by atoms with Crippen molar-refractivity contribution in [3.63, 3.8) is 0 Å². The monoisotopic (exact) mass is 330 g/mol. The van der Waals surface area contributed by atoms with Crippen molar-refractivity contribution in [2.24, 2.45) is 0 Å². The van der Waals surface area contributed by atoms with Gasteiger partial charge < -0.3 is 24.8 Å².